The molecule has 0 aliphatic carbocycles. The highest BCUT2D eigenvalue weighted by atomic mass is 32.1. The topological polar surface area (TPSA) is 119 Å². The predicted molar refractivity (Wildman–Crippen MR) is 201 cm³/mol. The third-order valence-electron chi connectivity index (χ3n) is 9.30. The molecular formula is C39H48F2N6O4S. The van der Waals surface area contributed by atoms with Gasteiger partial charge in [-0.2, -0.15) is 5.26 Å². The van der Waals surface area contributed by atoms with Crippen molar-refractivity contribution in [1.29, 1.82) is 5.26 Å². The van der Waals surface area contributed by atoms with Crippen LogP contribution in [0.4, 0.5) is 18.6 Å². The lowest BCUT2D eigenvalue weighted by atomic mass is 9.87. The van der Waals surface area contributed by atoms with E-state index in [0.29, 0.717) is 39.7 Å². The number of carbonyl (C=O) groups excluding carboxylic acids is 2. The first-order chi connectivity index (χ1) is 24.6. The van der Waals surface area contributed by atoms with Crippen LogP contribution in [0.1, 0.15) is 88.6 Å². The van der Waals surface area contributed by atoms with Crippen molar-refractivity contribution in [3.63, 3.8) is 0 Å². The molecule has 10 nitrogen and oxygen atoms in total. The third kappa shape index (κ3) is 7.84. The van der Waals surface area contributed by atoms with Gasteiger partial charge in [0, 0.05) is 45.9 Å². The molecule has 0 radical (unpaired) electrons. The number of nitrogens with zero attached hydrogens (tertiary/aromatic N) is 4. The number of ether oxygens (including phenoxy) is 2. The largest absolute Gasteiger partial charge is 0.444 e. The highest BCUT2D eigenvalue weighted by Gasteiger charge is 2.35. The van der Waals surface area contributed by atoms with E-state index < -0.39 is 29.4 Å². The Labute approximate surface area is 308 Å². The molecular weight excluding hydrogens is 687 g/mol. The molecule has 3 aromatic rings. The van der Waals surface area contributed by atoms with Crippen molar-refractivity contribution < 1.29 is 27.8 Å². The van der Waals surface area contributed by atoms with Gasteiger partial charge in [0.15, 0.2) is 5.78 Å². The predicted octanol–water partition coefficient (Wildman–Crippen LogP) is 7.99. The van der Waals surface area contributed by atoms with E-state index >= 15 is 8.78 Å². The lowest BCUT2D eigenvalue weighted by Gasteiger charge is -2.45. The van der Waals surface area contributed by atoms with E-state index in [-0.39, 0.29) is 51.6 Å². The Morgan fingerprint density at radius 1 is 1.19 bits per heavy atom. The minimum absolute atomic E-state index is 0.00172. The molecule has 1 amide bonds. The number of likely N-dealkylation sites (tertiary alicyclic amines) is 1. The van der Waals surface area contributed by atoms with Crippen LogP contribution >= 0.6 is 11.3 Å². The number of fused-ring (bicyclic) bond motifs is 2. The molecule has 2 aromatic carbocycles. The van der Waals surface area contributed by atoms with Crippen molar-refractivity contribution >= 4 is 44.1 Å². The van der Waals surface area contributed by atoms with Crippen LogP contribution in [0.25, 0.3) is 21.2 Å². The zero-order valence-corrected chi connectivity index (χ0v) is 32.2. The highest BCUT2D eigenvalue weighted by molar-refractivity contribution is 7.23. The summed E-state index contributed by atoms with van der Waals surface area (Å²) < 4.78 is 45.3. The molecule has 2 aliphatic rings. The van der Waals surface area contributed by atoms with E-state index in [1.807, 2.05) is 27.9 Å². The van der Waals surface area contributed by atoms with Crippen molar-refractivity contribution in [2.24, 2.45) is 4.99 Å². The van der Waals surface area contributed by atoms with Gasteiger partial charge in [-0.3, -0.25) is 15.1 Å². The fourth-order valence-corrected chi connectivity index (χ4v) is 7.66. The maximum absolute atomic E-state index is 17.2. The Kier molecular flexibility index (Phi) is 11.7. The number of anilines is 1. The van der Waals surface area contributed by atoms with Gasteiger partial charge >= 0.3 is 6.09 Å². The maximum atomic E-state index is 17.2. The Morgan fingerprint density at radius 2 is 1.88 bits per heavy atom. The number of thiophene rings is 1. The van der Waals surface area contributed by atoms with Crippen LogP contribution in [0.2, 0.25) is 0 Å². The number of hydrogen-bond acceptors (Lipinski definition) is 9. The van der Waals surface area contributed by atoms with Crippen LogP contribution in [-0.4, -0.2) is 72.4 Å². The van der Waals surface area contributed by atoms with Gasteiger partial charge in [0.25, 0.3) is 0 Å². The third-order valence-corrected chi connectivity index (χ3v) is 10.4. The number of allylic oxidation sites excluding steroid dienone is 1. The number of halogens is 2. The molecule has 2 N–H and O–H groups in total. The zero-order valence-electron chi connectivity index (χ0n) is 31.4. The van der Waals surface area contributed by atoms with Crippen LogP contribution in [0.3, 0.4) is 0 Å². The van der Waals surface area contributed by atoms with Gasteiger partial charge < -0.3 is 24.6 Å². The summed E-state index contributed by atoms with van der Waals surface area (Å²) in [5.41, 5.74) is 0.847. The summed E-state index contributed by atoms with van der Waals surface area (Å²) in [4.78, 5) is 34.9. The normalized spacial score (nSPS) is 15.8. The van der Waals surface area contributed by atoms with Crippen LogP contribution in [0.15, 0.2) is 29.0 Å². The van der Waals surface area contributed by atoms with Crippen LogP contribution in [-0.2, 0) is 27.5 Å². The van der Waals surface area contributed by atoms with Crippen LogP contribution in [0.5, 0.6) is 0 Å². The van der Waals surface area contributed by atoms with Gasteiger partial charge in [0.1, 0.15) is 46.0 Å². The summed E-state index contributed by atoms with van der Waals surface area (Å²) >= 11 is 1.08. The number of nitriles is 1. The number of Topliss-reactive ketones (excluding diaryl/α,β-unsaturated/α-hetero) is 1. The van der Waals surface area contributed by atoms with Gasteiger partial charge in [-0.05, 0) is 96.5 Å². The molecule has 2 aliphatic heterocycles. The highest BCUT2D eigenvalue weighted by Crippen LogP contribution is 2.47. The molecule has 5 rings (SSSR count). The lowest BCUT2D eigenvalue weighted by molar-refractivity contribution is -0.118. The second kappa shape index (κ2) is 15.7. The summed E-state index contributed by atoms with van der Waals surface area (Å²) in [5.74, 6) is -0.356. The molecule has 3 heterocycles. The van der Waals surface area contributed by atoms with Crippen LogP contribution < -0.4 is 10.6 Å². The first kappa shape index (κ1) is 38.8. The van der Waals surface area contributed by atoms with Gasteiger partial charge in [-0.15, -0.1) is 11.3 Å². The van der Waals surface area contributed by atoms with Crippen molar-refractivity contribution in [3.05, 3.63) is 63.5 Å². The Morgan fingerprint density at radius 3 is 2.48 bits per heavy atom. The molecule has 52 heavy (non-hydrogen) atoms. The molecule has 1 unspecified atom stereocenters. The first-order valence-electron chi connectivity index (χ1n) is 17.6. The van der Waals surface area contributed by atoms with E-state index in [1.165, 1.54) is 19.1 Å². The number of amidine groups is 1. The minimum atomic E-state index is -0.789. The second-order valence-electron chi connectivity index (χ2n) is 14.5. The molecule has 278 valence electrons. The standard InChI is InChI=1S/C39H48F2N6O4S/c1-10-12-28(22(4)48)43-36(44-30(13-11-2)47-17-23(18-47)46(8)9)31-21(3)35(41)33(26-20-50-19-25(26)31)34-27(40)14-15-29-32(34)24(16-42)37(52-29)45-38(49)51-39(5,6)7/h13-15,23,28H,10-12,17-20H2,1-9H3,(H,43,44)(H,45,49)/b30-13-. The molecule has 13 heteroatoms. The van der Waals surface area contributed by atoms with Gasteiger partial charge in [0.05, 0.1) is 18.8 Å². The van der Waals surface area contributed by atoms with Gasteiger partial charge in [-0.1, -0.05) is 20.3 Å². The number of nitrogens with one attached hydrogen (secondary N) is 2. The summed E-state index contributed by atoms with van der Waals surface area (Å²) in [6, 6.07) is 4.57. The van der Waals surface area contributed by atoms with Crippen LogP contribution in [0, 0.1) is 29.9 Å². The summed E-state index contributed by atoms with van der Waals surface area (Å²) in [6.07, 6.45) is 3.25. The quantitative estimate of drug-likeness (QED) is 0.150. The smallest absolute Gasteiger partial charge is 0.412 e. The summed E-state index contributed by atoms with van der Waals surface area (Å²) in [6.45, 7) is 14.0. The number of amides is 1. The SMILES string of the molecule is CC/C=C(/NC(=NC(CCC)C(C)=O)c1c(C)c(F)c(-c2c(F)ccc3sc(NC(=O)OC(C)(C)C)c(C#N)c23)c2c1COC2)N1CC(N(C)C)C1. The fourth-order valence-electron chi connectivity index (χ4n) is 6.61. The minimum Gasteiger partial charge on any atom is -0.444 e. The second-order valence-corrected chi connectivity index (χ2v) is 15.6. The van der Waals surface area contributed by atoms with E-state index in [4.69, 9.17) is 14.5 Å². The molecule has 1 saturated heterocycles. The number of rotatable bonds is 11. The Hall–Kier alpha value is -4.38. The molecule has 1 fully saturated rings. The van der Waals surface area contributed by atoms with E-state index in [2.05, 4.69) is 32.6 Å². The van der Waals surface area contributed by atoms with Crippen molar-refractivity contribution in [2.75, 3.05) is 32.5 Å². The average Bonchev–Trinajstić information content (AvgIpc) is 3.64. The van der Waals surface area contributed by atoms with E-state index in [9.17, 15) is 14.9 Å². The van der Waals surface area contributed by atoms with Crippen molar-refractivity contribution in [1.82, 2.24) is 15.1 Å². The number of benzene rings is 2. The Balaban J connectivity index is 1.71. The van der Waals surface area contributed by atoms with Crippen molar-refractivity contribution in [2.45, 2.75) is 98.6 Å². The molecule has 0 bridgehead atoms. The maximum Gasteiger partial charge on any atom is 0.412 e. The molecule has 0 saturated carbocycles. The van der Waals surface area contributed by atoms with Gasteiger partial charge in [-0.25, -0.2) is 13.6 Å². The number of likely N-dealkylation sites (N-methyl/N-ethyl adjacent to an activating group) is 1. The number of aliphatic imine (C=N–C) groups is 1. The van der Waals surface area contributed by atoms with Crippen molar-refractivity contribution in [3.8, 4) is 17.2 Å². The number of carbonyl (C=O) groups is 2. The Bertz CT molecular complexity index is 1980. The average molecular weight is 735 g/mol. The monoisotopic (exact) mass is 734 g/mol. The molecule has 1 aromatic heterocycles. The zero-order chi connectivity index (χ0) is 38.1. The summed E-state index contributed by atoms with van der Waals surface area (Å²) in [7, 11) is 4.09. The lowest BCUT2D eigenvalue weighted by Crippen LogP contribution is -2.58. The fraction of sp³-hybridized carbons (Fsp3) is 0.487. The molecule has 0 spiro atoms. The van der Waals surface area contributed by atoms with E-state index in [1.54, 1.807) is 27.7 Å². The van der Waals surface area contributed by atoms with Gasteiger partial charge in [0.2, 0.25) is 0 Å². The van der Waals surface area contributed by atoms with E-state index in [0.717, 1.165) is 43.1 Å². The number of hydrogen-bond donors (Lipinski definition) is 2. The first-order valence-corrected chi connectivity index (χ1v) is 18.5. The molecule has 1 atom stereocenters. The summed E-state index contributed by atoms with van der Waals surface area (Å²) in [5, 5.41) is 16.8. The number of ketones is 1.